The third-order valence-corrected chi connectivity index (χ3v) is 3.77. The van der Waals surface area contributed by atoms with Gasteiger partial charge < -0.3 is 19.8 Å². The standard InChI is InChI=1S/C21H18N2O5/c1-14(24)28-18-5-2-4-16(12-18)20(25)23-17-9-7-15(8-10-17)13-22-21(26)19-6-3-11-27-19/h2-12H,13H2,1H3,(H,22,26)(H,23,25). The van der Waals surface area contributed by atoms with E-state index in [4.69, 9.17) is 9.15 Å². The van der Waals surface area contributed by atoms with Gasteiger partial charge in [0.15, 0.2) is 5.76 Å². The van der Waals surface area contributed by atoms with Gasteiger partial charge in [-0.3, -0.25) is 14.4 Å². The maximum atomic E-state index is 12.4. The Balaban J connectivity index is 1.57. The van der Waals surface area contributed by atoms with E-state index in [2.05, 4.69) is 10.6 Å². The molecule has 3 rings (SSSR count). The second kappa shape index (κ2) is 8.68. The topological polar surface area (TPSA) is 97.6 Å². The van der Waals surface area contributed by atoms with E-state index in [0.29, 0.717) is 23.5 Å². The number of esters is 1. The molecular weight excluding hydrogens is 360 g/mol. The molecule has 2 aromatic carbocycles. The maximum Gasteiger partial charge on any atom is 0.308 e. The zero-order valence-electron chi connectivity index (χ0n) is 15.1. The Morgan fingerprint density at radius 3 is 2.43 bits per heavy atom. The number of carbonyl (C=O) groups excluding carboxylic acids is 3. The third-order valence-electron chi connectivity index (χ3n) is 3.77. The molecule has 3 aromatic rings. The van der Waals surface area contributed by atoms with Crippen molar-refractivity contribution in [1.29, 1.82) is 0 Å². The summed E-state index contributed by atoms with van der Waals surface area (Å²) in [5.74, 6) is -0.516. The summed E-state index contributed by atoms with van der Waals surface area (Å²) in [7, 11) is 0. The number of furan rings is 1. The van der Waals surface area contributed by atoms with E-state index in [1.807, 2.05) is 0 Å². The fourth-order valence-corrected chi connectivity index (χ4v) is 2.45. The first-order chi connectivity index (χ1) is 13.5. The van der Waals surface area contributed by atoms with Crippen LogP contribution in [0.5, 0.6) is 5.75 Å². The Hall–Kier alpha value is -3.87. The van der Waals surface area contributed by atoms with Gasteiger partial charge in [-0.2, -0.15) is 0 Å². The monoisotopic (exact) mass is 378 g/mol. The lowest BCUT2D eigenvalue weighted by Gasteiger charge is -2.08. The second-order valence-corrected chi connectivity index (χ2v) is 5.93. The molecule has 7 nitrogen and oxygen atoms in total. The molecule has 0 fully saturated rings. The molecule has 0 saturated carbocycles. The highest BCUT2D eigenvalue weighted by Crippen LogP contribution is 2.16. The van der Waals surface area contributed by atoms with Gasteiger partial charge in [0.2, 0.25) is 0 Å². The van der Waals surface area contributed by atoms with E-state index in [1.54, 1.807) is 54.6 Å². The number of anilines is 1. The minimum atomic E-state index is -0.452. The van der Waals surface area contributed by atoms with E-state index in [1.165, 1.54) is 19.3 Å². The molecule has 0 radical (unpaired) electrons. The first-order valence-electron chi connectivity index (χ1n) is 8.52. The molecule has 0 aliphatic rings. The SMILES string of the molecule is CC(=O)Oc1cccc(C(=O)Nc2ccc(CNC(=O)c3ccco3)cc2)c1. The zero-order chi connectivity index (χ0) is 19.9. The smallest absolute Gasteiger partial charge is 0.308 e. The van der Waals surface area contributed by atoms with E-state index in [-0.39, 0.29) is 17.6 Å². The zero-order valence-corrected chi connectivity index (χ0v) is 15.1. The van der Waals surface area contributed by atoms with Crippen molar-refractivity contribution in [2.75, 3.05) is 5.32 Å². The first kappa shape index (κ1) is 18.9. The van der Waals surface area contributed by atoms with Gasteiger partial charge in [0.25, 0.3) is 11.8 Å². The van der Waals surface area contributed by atoms with Crippen LogP contribution >= 0.6 is 0 Å². The number of rotatable bonds is 6. The van der Waals surface area contributed by atoms with Gasteiger partial charge in [-0.05, 0) is 48.0 Å². The van der Waals surface area contributed by atoms with Crippen LogP contribution in [0.4, 0.5) is 5.69 Å². The summed E-state index contributed by atoms with van der Waals surface area (Å²) in [6.07, 6.45) is 1.44. The van der Waals surface area contributed by atoms with E-state index in [9.17, 15) is 14.4 Å². The van der Waals surface area contributed by atoms with Gasteiger partial charge in [-0.25, -0.2) is 0 Å². The Labute approximate surface area is 161 Å². The summed E-state index contributed by atoms with van der Waals surface area (Å²) in [6, 6.07) is 16.7. The van der Waals surface area contributed by atoms with Gasteiger partial charge in [0, 0.05) is 24.7 Å². The average molecular weight is 378 g/mol. The molecule has 0 aliphatic carbocycles. The highest BCUT2D eigenvalue weighted by atomic mass is 16.5. The van der Waals surface area contributed by atoms with Crippen molar-refractivity contribution in [2.24, 2.45) is 0 Å². The van der Waals surface area contributed by atoms with Gasteiger partial charge in [0.05, 0.1) is 6.26 Å². The normalized spacial score (nSPS) is 10.2. The molecule has 1 aromatic heterocycles. The summed E-state index contributed by atoms with van der Waals surface area (Å²) in [5, 5.41) is 5.52. The van der Waals surface area contributed by atoms with Crippen molar-refractivity contribution >= 4 is 23.5 Å². The van der Waals surface area contributed by atoms with Crippen LogP contribution in [0.1, 0.15) is 33.4 Å². The molecule has 0 unspecified atom stereocenters. The molecule has 1 heterocycles. The molecular formula is C21H18N2O5. The quantitative estimate of drug-likeness (QED) is 0.506. The van der Waals surface area contributed by atoms with Crippen LogP contribution < -0.4 is 15.4 Å². The predicted molar refractivity (Wildman–Crippen MR) is 102 cm³/mol. The lowest BCUT2D eigenvalue weighted by atomic mass is 10.1. The Bertz CT molecular complexity index is 978. The van der Waals surface area contributed by atoms with Crippen LogP contribution in [0.25, 0.3) is 0 Å². The van der Waals surface area contributed by atoms with Crippen molar-refractivity contribution in [2.45, 2.75) is 13.5 Å². The third kappa shape index (κ3) is 5.07. The molecule has 0 bridgehead atoms. The number of carbonyl (C=O) groups is 3. The molecule has 0 atom stereocenters. The van der Waals surface area contributed by atoms with Crippen LogP contribution in [-0.4, -0.2) is 17.8 Å². The number of ether oxygens (including phenoxy) is 1. The van der Waals surface area contributed by atoms with Crippen LogP contribution in [0, 0.1) is 0 Å². The van der Waals surface area contributed by atoms with Gasteiger partial charge in [0.1, 0.15) is 5.75 Å². The number of hydrogen-bond acceptors (Lipinski definition) is 5. The van der Waals surface area contributed by atoms with Crippen LogP contribution in [0.15, 0.2) is 71.3 Å². The van der Waals surface area contributed by atoms with Crippen molar-refractivity contribution in [3.05, 3.63) is 83.8 Å². The highest BCUT2D eigenvalue weighted by Gasteiger charge is 2.10. The summed E-state index contributed by atoms with van der Waals surface area (Å²) >= 11 is 0. The number of amides is 2. The predicted octanol–water partition coefficient (Wildman–Crippen LogP) is 3.39. The molecule has 28 heavy (non-hydrogen) atoms. The largest absolute Gasteiger partial charge is 0.459 e. The Kier molecular flexibility index (Phi) is 5.86. The Morgan fingerprint density at radius 1 is 0.964 bits per heavy atom. The van der Waals surface area contributed by atoms with Crippen molar-refractivity contribution in [3.63, 3.8) is 0 Å². The second-order valence-electron chi connectivity index (χ2n) is 5.93. The van der Waals surface area contributed by atoms with Crippen LogP contribution in [0.3, 0.4) is 0 Å². The maximum absolute atomic E-state index is 12.4. The van der Waals surface area contributed by atoms with Crippen molar-refractivity contribution in [3.8, 4) is 5.75 Å². The van der Waals surface area contributed by atoms with Gasteiger partial charge in [-0.15, -0.1) is 0 Å². The first-order valence-corrected chi connectivity index (χ1v) is 8.52. The minimum absolute atomic E-state index is 0.250. The number of hydrogen-bond donors (Lipinski definition) is 2. The summed E-state index contributed by atoms with van der Waals surface area (Å²) in [5.41, 5.74) is 1.84. The van der Waals surface area contributed by atoms with Crippen molar-refractivity contribution < 1.29 is 23.5 Å². The lowest BCUT2D eigenvalue weighted by Crippen LogP contribution is -2.22. The van der Waals surface area contributed by atoms with E-state index < -0.39 is 5.97 Å². The van der Waals surface area contributed by atoms with E-state index >= 15 is 0 Å². The minimum Gasteiger partial charge on any atom is -0.459 e. The van der Waals surface area contributed by atoms with Crippen LogP contribution in [-0.2, 0) is 11.3 Å². The van der Waals surface area contributed by atoms with Crippen molar-refractivity contribution in [1.82, 2.24) is 5.32 Å². The molecule has 0 spiro atoms. The molecule has 0 saturated heterocycles. The Morgan fingerprint density at radius 2 is 1.75 bits per heavy atom. The number of nitrogens with one attached hydrogen (secondary N) is 2. The summed E-state index contributed by atoms with van der Waals surface area (Å²) < 4.78 is 10.0. The number of benzene rings is 2. The fraction of sp³-hybridized carbons (Fsp3) is 0.0952. The summed E-state index contributed by atoms with van der Waals surface area (Å²) in [6.45, 7) is 1.63. The van der Waals surface area contributed by atoms with Gasteiger partial charge >= 0.3 is 5.97 Å². The van der Waals surface area contributed by atoms with E-state index in [0.717, 1.165) is 5.56 Å². The van der Waals surface area contributed by atoms with Crippen LogP contribution in [0.2, 0.25) is 0 Å². The molecule has 7 heteroatoms. The highest BCUT2D eigenvalue weighted by molar-refractivity contribution is 6.04. The molecule has 2 N–H and O–H groups in total. The molecule has 142 valence electrons. The summed E-state index contributed by atoms with van der Waals surface area (Å²) in [4.78, 5) is 35.2. The molecule has 0 aliphatic heterocycles. The molecule has 2 amide bonds. The average Bonchev–Trinajstić information content (AvgIpc) is 3.22. The lowest BCUT2D eigenvalue weighted by molar-refractivity contribution is -0.131. The fourth-order valence-electron chi connectivity index (χ4n) is 2.45. The van der Waals surface area contributed by atoms with Gasteiger partial charge in [-0.1, -0.05) is 18.2 Å².